The zero-order valence-corrected chi connectivity index (χ0v) is 35.3. The topological polar surface area (TPSA) is 8.17 Å². The van der Waals surface area contributed by atoms with E-state index in [-0.39, 0.29) is 5.41 Å². The van der Waals surface area contributed by atoms with Gasteiger partial charge in [0, 0.05) is 45.9 Å². The van der Waals surface area contributed by atoms with Crippen LogP contribution in [0.2, 0.25) is 0 Å². The summed E-state index contributed by atoms with van der Waals surface area (Å²) in [6.45, 7) is 4.99. The van der Waals surface area contributed by atoms with Crippen molar-refractivity contribution in [2.75, 3.05) is 0 Å². The molecule has 2 nitrogen and oxygen atoms in total. The smallest absolute Gasteiger partial charge is 0.0569 e. The molecule has 0 saturated heterocycles. The fourth-order valence-electron chi connectivity index (χ4n) is 13.7. The van der Waals surface area contributed by atoms with Gasteiger partial charge in [-0.3, -0.25) is 0 Å². The van der Waals surface area contributed by atoms with Crippen LogP contribution in [0.1, 0.15) is 114 Å². The molecule has 0 amide bonds. The summed E-state index contributed by atoms with van der Waals surface area (Å²) in [5, 5.41) is 1.48. The first kappa shape index (κ1) is 36.1. The van der Waals surface area contributed by atoms with Gasteiger partial charge in [-0.05, 0) is 157 Å². The number of aryl methyl sites for hydroxylation is 1. The van der Waals surface area contributed by atoms with Gasteiger partial charge in [0.15, 0.2) is 0 Å². The molecule has 2 fully saturated rings. The molecule has 1 aromatic carbocycles. The van der Waals surface area contributed by atoms with E-state index in [2.05, 4.69) is 151 Å². The second kappa shape index (κ2) is 14.1. The van der Waals surface area contributed by atoms with Crippen LogP contribution in [0.3, 0.4) is 0 Å². The van der Waals surface area contributed by atoms with E-state index in [0.29, 0.717) is 41.7 Å². The number of rotatable bonds is 5. The average Bonchev–Trinajstić information content (AvgIpc) is 3.89. The van der Waals surface area contributed by atoms with Crippen LogP contribution in [0.25, 0.3) is 22.6 Å². The third-order valence-electron chi connectivity index (χ3n) is 16.5. The van der Waals surface area contributed by atoms with Crippen molar-refractivity contribution in [2.45, 2.75) is 109 Å². The zero-order valence-electron chi connectivity index (χ0n) is 35.3. The summed E-state index contributed by atoms with van der Waals surface area (Å²) in [5.41, 5.74) is 18.7. The van der Waals surface area contributed by atoms with Crippen LogP contribution in [0, 0.1) is 35.0 Å². The van der Waals surface area contributed by atoms with Crippen LogP contribution < -0.4 is 0 Å². The van der Waals surface area contributed by atoms with Crippen molar-refractivity contribution in [1.82, 2.24) is 9.47 Å². The molecule has 12 rings (SSSR count). The molecule has 9 aliphatic carbocycles. The lowest BCUT2D eigenvalue weighted by Gasteiger charge is -2.39. The van der Waals surface area contributed by atoms with Gasteiger partial charge in [-0.15, -0.1) is 0 Å². The number of benzene rings is 1. The monoisotopic (exact) mass is 772 g/mol. The van der Waals surface area contributed by atoms with E-state index in [0.717, 1.165) is 51.4 Å². The minimum Gasteiger partial charge on any atom is -0.345 e. The highest BCUT2D eigenvalue weighted by Gasteiger charge is 2.52. The Bertz CT molecular complexity index is 2550. The number of aromatic nitrogens is 1. The molecule has 0 N–H and O–H groups in total. The standard InChI is InChI=1S/C57H60N2/c1-57(2)51-22-12-9-19-45(51)48-36-43(27-28-52(48)57)58-53-23-13-10-20-46(53)49-34-39(25-29-55(49)58)40-26-30-56-50(35-40)47-21-11-14-24-54(47)59(56)44-32-41(37-15-5-3-6-16-37)31-42(33-44)38-17-7-4-8-18-38/h3,5-7,9,12,14-15,17-19,22,24,26-28,30-32,34-35,37,44-46,48,51,53H,4,8,10-11,13,16,20-21,23,25,29,33,36H2,1-2H3. The molecule has 0 bridgehead atoms. The number of allylic oxidation sites excluding steroid dienone is 24. The van der Waals surface area contributed by atoms with Gasteiger partial charge in [0.25, 0.3) is 0 Å². The quantitative estimate of drug-likeness (QED) is 0.294. The van der Waals surface area contributed by atoms with Crippen LogP contribution in [0.5, 0.6) is 0 Å². The molecule has 298 valence electrons. The normalized spacial score (nSPS) is 32.4. The Labute approximate surface area is 352 Å². The highest BCUT2D eigenvalue weighted by molar-refractivity contribution is 5.92. The molecule has 7 unspecified atom stereocenters. The minimum absolute atomic E-state index is 0.228. The fourth-order valence-corrected chi connectivity index (χ4v) is 13.7. The lowest BCUT2D eigenvalue weighted by atomic mass is 9.75. The minimum atomic E-state index is 0.228. The first-order valence-electron chi connectivity index (χ1n) is 23.5. The predicted octanol–water partition coefficient (Wildman–Crippen LogP) is 14.3. The summed E-state index contributed by atoms with van der Waals surface area (Å²) in [6.07, 6.45) is 59.5. The zero-order chi connectivity index (χ0) is 39.2. The summed E-state index contributed by atoms with van der Waals surface area (Å²) >= 11 is 0. The van der Waals surface area contributed by atoms with Crippen molar-refractivity contribution < 1.29 is 0 Å². The molecule has 59 heavy (non-hydrogen) atoms. The van der Waals surface area contributed by atoms with E-state index in [1.54, 1.807) is 33.7 Å². The van der Waals surface area contributed by atoms with Crippen LogP contribution in [-0.4, -0.2) is 15.5 Å². The molecular formula is C57H60N2. The summed E-state index contributed by atoms with van der Waals surface area (Å²) in [5.74, 6) is 2.96. The van der Waals surface area contributed by atoms with Crippen molar-refractivity contribution in [1.29, 1.82) is 0 Å². The van der Waals surface area contributed by atoms with Gasteiger partial charge in [0.2, 0.25) is 0 Å². The first-order chi connectivity index (χ1) is 29.0. The summed E-state index contributed by atoms with van der Waals surface area (Å²) < 4.78 is 2.73. The second-order valence-electron chi connectivity index (χ2n) is 19.9. The lowest BCUT2D eigenvalue weighted by molar-refractivity contribution is 0.212. The highest BCUT2D eigenvalue weighted by atomic mass is 15.2. The summed E-state index contributed by atoms with van der Waals surface area (Å²) in [7, 11) is 0. The second-order valence-corrected chi connectivity index (χ2v) is 19.9. The van der Waals surface area contributed by atoms with Gasteiger partial charge >= 0.3 is 0 Å². The Hall–Kier alpha value is -4.82. The first-order valence-corrected chi connectivity index (χ1v) is 23.5. The molecule has 1 aromatic heterocycles. The van der Waals surface area contributed by atoms with E-state index >= 15 is 0 Å². The fraction of sp³-hybridized carbons (Fsp3) is 0.404. The molecule has 2 heterocycles. The Morgan fingerprint density at radius 2 is 1.66 bits per heavy atom. The molecular weight excluding hydrogens is 713 g/mol. The van der Waals surface area contributed by atoms with Crippen LogP contribution in [-0.2, 0) is 6.42 Å². The van der Waals surface area contributed by atoms with Crippen molar-refractivity contribution in [3.63, 3.8) is 0 Å². The molecule has 2 aromatic rings. The average molecular weight is 773 g/mol. The Morgan fingerprint density at radius 3 is 2.56 bits per heavy atom. The molecule has 0 spiro atoms. The van der Waals surface area contributed by atoms with E-state index in [4.69, 9.17) is 0 Å². The lowest BCUT2D eigenvalue weighted by Crippen LogP contribution is -2.37. The SMILES string of the molecule is CC1(C)C2=CC=C(N3C4=C(C=C(c5ccc6c(c5)c5c(n6C6C=C(C7C=CC=CC7)C=C(C7=CCCC=C7)C6)C=CCC5)CC4)C4CCCCC43)CC2C2C=CC=CC21. The maximum absolute atomic E-state index is 2.92. The third kappa shape index (κ3) is 5.78. The third-order valence-corrected chi connectivity index (χ3v) is 16.5. The van der Waals surface area contributed by atoms with Crippen molar-refractivity contribution in [3.05, 3.63) is 178 Å². The largest absolute Gasteiger partial charge is 0.345 e. The van der Waals surface area contributed by atoms with Gasteiger partial charge < -0.3 is 9.47 Å². The molecule has 10 aliphatic rings. The van der Waals surface area contributed by atoms with Gasteiger partial charge in [0.05, 0.1) is 6.04 Å². The number of fused-ring (bicyclic) bond motifs is 8. The maximum atomic E-state index is 2.92. The summed E-state index contributed by atoms with van der Waals surface area (Å²) in [4.78, 5) is 2.92. The molecule has 2 heteroatoms. The van der Waals surface area contributed by atoms with Crippen LogP contribution >= 0.6 is 0 Å². The van der Waals surface area contributed by atoms with Gasteiger partial charge in [-0.2, -0.15) is 0 Å². The van der Waals surface area contributed by atoms with Crippen LogP contribution in [0.4, 0.5) is 0 Å². The van der Waals surface area contributed by atoms with Gasteiger partial charge in [-0.25, -0.2) is 0 Å². The number of hydrogen-bond donors (Lipinski definition) is 0. The molecule has 0 radical (unpaired) electrons. The Balaban J connectivity index is 0.905. The molecule has 1 aliphatic heterocycles. The van der Waals surface area contributed by atoms with E-state index < -0.39 is 0 Å². The molecule has 2 saturated carbocycles. The molecule has 7 atom stereocenters. The van der Waals surface area contributed by atoms with Gasteiger partial charge in [-0.1, -0.05) is 136 Å². The van der Waals surface area contributed by atoms with Crippen molar-refractivity contribution in [3.8, 4) is 0 Å². The highest BCUT2D eigenvalue weighted by Crippen LogP contribution is 2.60. The van der Waals surface area contributed by atoms with E-state index in [1.807, 2.05) is 0 Å². The predicted molar refractivity (Wildman–Crippen MR) is 247 cm³/mol. The number of nitrogens with zero attached hydrogens (tertiary/aromatic N) is 2. The summed E-state index contributed by atoms with van der Waals surface area (Å²) in [6, 6.07) is 8.52. The maximum Gasteiger partial charge on any atom is 0.0569 e. The van der Waals surface area contributed by atoms with E-state index in [1.165, 1.54) is 71.0 Å². The Kier molecular flexibility index (Phi) is 8.65. The van der Waals surface area contributed by atoms with E-state index in [9.17, 15) is 0 Å². The van der Waals surface area contributed by atoms with Gasteiger partial charge in [0.1, 0.15) is 0 Å². The number of hydrogen-bond acceptors (Lipinski definition) is 1. The van der Waals surface area contributed by atoms with Crippen molar-refractivity contribution in [2.24, 2.45) is 35.0 Å². The van der Waals surface area contributed by atoms with Crippen LogP contribution in [0.15, 0.2) is 161 Å². The Morgan fingerprint density at radius 1 is 0.763 bits per heavy atom. The van der Waals surface area contributed by atoms with Crippen molar-refractivity contribution >= 4 is 22.6 Å².